The number of carbonyl (C=O) groups excluding carboxylic acids is 1. The molecule has 0 radical (unpaired) electrons. The number of halogens is 2. The highest BCUT2D eigenvalue weighted by molar-refractivity contribution is 6.07. The largest absolute Gasteiger partial charge is 0.493 e. The molecule has 2 aromatic carbocycles. The number of hydrogen-bond acceptors (Lipinski definition) is 5. The number of rotatable bonds is 7. The van der Waals surface area contributed by atoms with E-state index in [1.54, 1.807) is 23.1 Å². The van der Waals surface area contributed by atoms with Gasteiger partial charge in [0.2, 0.25) is 0 Å². The molecule has 1 N–H and O–H groups in total. The normalized spacial score (nSPS) is 10.7. The summed E-state index contributed by atoms with van der Waals surface area (Å²) in [5.74, 6) is -0.879. The van der Waals surface area contributed by atoms with Gasteiger partial charge in [0.1, 0.15) is 12.7 Å². The van der Waals surface area contributed by atoms with Crippen LogP contribution in [0.4, 0.5) is 14.5 Å². The average molecular weight is 374 g/mol. The first-order valence-electron chi connectivity index (χ1n) is 7.92. The van der Waals surface area contributed by atoms with Crippen LogP contribution in [-0.4, -0.2) is 34.4 Å². The first-order valence-corrected chi connectivity index (χ1v) is 7.92. The van der Waals surface area contributed by atoms with E-state index in [0.29, 0.717) is 12.2 Å². The van der Waals surface area contributed by atoms with Crippen molar-refractivity contribution in [3.63, 3.8) is 0 Å². The summed E-state index contributed by atoms with van der Waals surface area (Å²) in [6, 6.07) is 11.4. The first kappa shape index (κ1) is 18.3. The molecule has 9 heteroatoms. The van der Waals surface area contributed by atoms with Gasteiger partial charge in [-0.3, -0.25) is 4.79 Å². The number of amides is 1. The fraction of sp³-hybridized carbons (Fsp3) is 0.167. The van der Waals surface area contributed by atoms with E-state index in [0.717, 1.165) is 5.56 Å². The van der Waals surface area contributed by atoms with Crippen LogP contribution in [0.25, 0.3) is 0 Å². The van der Waals surface area contributed by atoms with Crippen LogP contribution >= 0.6 is 0 Å². The lowest BCUT2D eigenvalue weighted by molar-refractivity contribution is -0.0515. The summed E-state index contributed by atoms with van der Waals surface area (Å²) in [6.07, 6.45) is 2.96. The highest BCUT2D eigenvalue weighted by Crippen LogP contribution is 2.33. The Labute approximate surface area is 153 Å². The Morgan fingerprint density at radius 3 is 2.74 bits per heavy atom. The molecule has 27 heavy (non-hydrogen) atoms. The number of hydrogen-bond donors (Lipinski definition) is 1. The average Bonchev–Trinajstić information content (AvgIpc) is 3.16. The third kappa shape index (κ3) is 4.38. The predicted molar refractivity (Wildman–Crippen MR) is 93.1 cm³/mol. The molecule has 3 rings (SSSR count). The summed E-state index contributed by atoms with van der Waals surface area (Å²) in [5, 5.41) is 6.76. The fourth-order valence-electron chi connectivity index (χ4n) is 2.52. The molecule has 7 nitrogen and oxygen atoms in total. The van der Waals surface area contributed by atoms with Crippen LogP contribution in [0.2, 0.25) is 0 Å². The predicted octanol–water partition coefficient (Wildman–Crippen LogP) is 3.19. The third-order valence-corrected chi connectivity index (χ3v) is 3.71. The molecule has 1 amide bonds. The molecule has 0 bridgehead atoms. The second-order valence-electron chi connectivity index (χ2n) is 5.42. The van der Waals surface area contributed by atoms with Gasteiger partial charge in [-0.2, -0.15) is 13.9 Å². The van der Waals surface area contributed by atoms with Crippen LogP contribution in [0.15, 0.2) is 55.1 Å². The Kier molecular flexibility index (Phi) is 5.60. The van der Waals surface area contributed by atoms with Gasteiger partial charge >= 0.3 is 6.61 Å². The monoisotopic (exact) mass is 374 g/mol. The molecule has 1 heterocycles. The Morgan fingerprint density at radius 1 is 1.22 bits per heavy atom. The number of nitrogens with one attached hydrogen (secondary N) is 1. The van der Waals surface area contributed by atoms with Crippen molar-refractivity contribution in [1.82, 2.24) is 14.8 Å². The molecule has 0 unspecified atom stereocenters. The van der Waals surface area contributed by atoms with Gasteiger partial charge in [0.05, 0.1) is 19.2 Å². The molecule has 0 saturated carbocycles. The van der Waals surface area contributed by atoms with Crippen LogP contribution in [0, 0.1) is 0 Å². The zero-order valence-electron chi connectivity index (χ0n) is 14.3. The molecular weight excluding hydrogens is 358 g/mol. The van der Waals surface area contributed by atoms with Crippen LogP contribution < -0.4 is 14.8 Å². The lowest BCUT2D eigenvalue weighted by Gasteiger charge is -2.15. The van der Waals surface area contributed by atoms with E-state index in [4.69, 9.17) is 4.74 Å². The van der Waals surface area contributed by atoms with Crippen molar-refractivity contribution < 1.29 is 23.0 Å². The summed E-state index contributed by atoms with van der Waals surface area (Å²) >= 11 is 0. The van der Waals surface area contributed by atoms with Gasteiger partial charge in [0, 0.05) is 5.69 Å². The van der Waals surface area contributed by atoms with Crippen LogP contribution in [-0.2, 0) is 6.54 Å². The maximum atomic E-state index is 12.8. The van der Waals surface area contributed by atoms with E-state index in [-0.39, 0.29) is 17.1 Å². The molecule has 140 valence electrons. The summed E-state index contributed by atoms with van der Waals surface area (Å²) in [4.78, 5) is 16.6. The van der Waals surface area contributed by atoms with Gasteiger partial charge in [-0.25, -0.2) is 9.67 Å². The quantitative estimate of drug-likeness (QED) is 0.687. The SMILES string of the molecule is COc1cccc(C(=O)Nc2ccccc2Cn2cncn2)c1OC(F)F. The number of nitrogens with zero attached hydrogens (tertiary/aromatic N) is 3. The van der Waals surface area contributed by atoms with Crippen molar-refractivity contribution >= 4 is 11.6 Å². The lowest BCUT2D eigenvalue weighted by atomic mass is 10.1. The molecular formula is C18H16F2N4O3. The van der Waals surface area contributed by atoms with Crippen molar-refractivity contribution in [3.05, 3.63) is 66.2 Å². The summed E-state index contributed by atoms with van der Waals surface area (Å²) in [7, 11) is 1.31. The van der Waals surface area contributed by atoms with Crippen molar-refractivity contribution in [2.45, 2.75) is 13.2 Å². The Balaban J connectivity index is 1.88. The van der Waals surface area contributed by atoms with E-state index in [9.17, 15) is 13.6 Å². The minimum absolute atomic E-state index is 0.0406. The van der Waals surface area contributed by atoms with E-state index < -0.39 is 12.5 Å². The topological polar surface area (TPSA) is 78.3 Å². The van der Waals surface area contributed by atoms with Gasteiger partial charge in [-0.05, 0) is 23.8 Å². The summed E-state index contributed by atoms with van der Waals surface area (Å²) < 4.78 is 36.6. The maximum Gasteiger partial charge on any atom is 0.387 e. The van der Waals surface area contributed by atoms with Gasteiger partial charge in [0.15, 0.2) is 11.5 Å². The summed E-state index contributed by atoms with van der Waals surface area (Å²) in [6.45, 7) is -2.71. The molecule has 3 aromatic rings. The minimum Gasteiger partial charge on any atom is -0.493 e. The summed E-state index contributed by atoms with van der Waals surface area (Å²) in [5.41, 5.74) is 1.23. The molecule has 0 fully saturated rings. The van der Waals surface area contributed by atoms with Gasteiger partial charge in [0.25, 0.3) is 5.91 Å². The second kappa shape index (κ2) is 8.26. The standard InChI is InChI=1S/C18H16F2N4O3/c1-26-15-8-4-6-13(16(15)27-18(19)20)17(25)23-14-7-3-2-5-12(14)9-24-11-21-10-22-24/h2-8,10-11,18H,9H2,1H3,(H,23,25). The van der Waals surface area contributed by atoms with E-state index in [1.807, 2.05) is 12.1 Å². The molecule has 1 aromatic heterocycles. The Bertz CT molecular complexity index is 917. The van der Waals surface area contributed by atoms with Crippen molar-refractivity contribution in [2.24, 2.45) is 0 Å². The number of para-hydroxylation sites is 2. The van der Waals surface area contributed by atoms with E-state index >= 15 is 0 Å². The van der Waals surface area contributed by atoms with Crippen LogP contribution in [0.5, 0.6) is 11.5 Å². The number of alkyl halides is 2. The van der Waals surface area contributed by atoms with Gasteiger partial charge in [-0.15, -0.1) is 0 Å². The lowest BCUT2D eigenvalue weighted by Crippen LogP contribution is -2.17. The number of carbonyl (C=O) groups is 1. The smallest absolute Gasteiger partial charge is 0.387 e. The van der Waals surface area contributed by atoms with Crippen molar-refractivity contribution in [3.8, 4) is 11.5 Å². The molecule has 0 atom stereocenters. The van der Waals surface area contributed by atoms with Crippen molar-refractivity contribution in [1.29, 1.82) is 0 Å². The molecule has 0 aliphatic heterocycles. The van der Waals surface area contributed by atoms with Crippen LogP contribution in [0.3, 0.4) is 0 Å². The molecule has 0 aliphatic carbocycles. The maximum absolute atomic E-state index is 12.8. The Hall–Kier alpha value is -3.49. The minimum atomic E-state index is -3.09. The Morgan fingerprint density at radius 2 is 2.04 bits per heavy atom. The molecule has 0 aliphatic rings. The van der Waals surface area contributed by atoms with Crippen LogP contribution in [0.1, 0.15) is 15.9 Å². The zero-order chi connectivity index (χ0) is 19.2. The second-order valence-corrected chi connectivity index (χ2v) is 5.42. The highest BCUT2D eigenvalue weighted by Gasteiger charge is 2.21. The first-order chi connectivity index (χ1) is 13.1. The molecule has 0 spiro atoms. The van der Waals surface area contributed by atoms with Gasteiger partial charge < -0.3 is 14.8 Å². The molecule has 0 saturated heterocycles. The number of aromatic nitrogens is 3. The number of ether oxygens (including phenoxy) is 2. The number of benzene rings is 2. The fourth-order valence-corrected chi connectivity index (χ4v) is 2.52. The van der Waals surface area contributed by atoms with E-state index in [1.165, 1.54) is 31.6 Å². The van der Waals surface area contributed by atoms with Crippen molar-refractivity contribution in [2.75, 3.05) is 12.4 Å². The zero-order valence-corrected chi connectivity index (χ0v) is 14.3. The van der Waals surface area contributed by atoms with E-state index in [2.05, 4.69) is 20.1 Å². The third-order valence-electron chi connectivity index (χ3n) is 3.71. The number of anilines is 1. The van der Waals surface area contributed by atoms with Gasteiger partial charge in [-0.1, -0.05) is 24.3 Å². The number of methoxy groups -OCH3 is 1. The highest BCUT2D eigenvalue weighted by atomic mass is 19.3.